The average molecular weight is 313 g/mol. The van der Waals surface area contributed by atoms with Crippen LogP contribution in [0.15, 0.2) is 28.9 Å². The number of halogens is 1. The molecule has 0 unspecified atom stereocenters. The number of carbonyl (C=O) groups excluding carboxylic acids is 1. The Morgan fingerprint density at radius 1 is 1.39 bits per heavy atom. The molecule has 2 aromatic rings. The number of ether oxygens (including phenoxy) is 2. The van der Waals surface area contributed by atoms with Crippen LogP contribution in [0, 0.1) is 0 Å². The van der Waals surface area contributed by atoms with Crippen molar-refractivity contribution < 1.29 is 14.3 Å². The Kier molecular flexibility index (Phi) is 4.22. The van der Waals surface area contributed by atoms with E-state index in [1.54, 1.807) is 7.11 Å². The summed E-state index contributed by atoms with van der Waals surface area (Å²) >= 11 is 3.45. The third kappa shape index (κ3) is 2.83. The highest BCUT2D eigenvalue weighted by Crippen LogP contribution is 2.30. The molecule has 6 heteroatoms. The highest BCUT2D eigenvalue weighted by Gasteiger charge is 2.09. The first-order valence-electron chi connectivity index (χ1n) is 5.40. The summed E-state index contributed by atoms with van der Waals surface area (Å²) in [5.74, 6) is 0. The Labute approximate surface area is 113 Å². The second kappa shape index (κ2) is 5.88. The highest BCUT2D eigenvalue weighted by atomic mass is 79.9. The lowest BCUT2D eigenvalue weighted by atomic mass is 10.2. The summed E-state index contributed by atoms with van der Waals surface area (Å²) in [5, 5.41) is 3.74. The van der Waals surface area contributed by atoms with Gasteiger partial charge in [0.25, 0.3) is 0 Å². The van der Waals surface area contributed by atoms with Crippen molar-refractivity contribution in [3.63, 3.8) is 0 Å². The van der Waals surface area contributed by atoms with Gasteiger partial charge in [0.2, 0.25) is 0 Å². The van der Waals surface area contributed by atoms with Gasteiger partial charge < -0.3 is 14.5 Å². The fraction of sp³-hybridized carbons (Fsp3) is 0.250. The van der Waals surface area contributed by atoms with Crippen LogP contribution in [0.3, 0.4) is 0 Å². The van der Waals surface area contributed by atoms with Crippen molar-refractivity contribution in [3.8, 4) is 0 Å². The molecule has 1 amide bonds. The Morgan fingerprint density at radius 3 is 3.00 bits per heavy atom. The zero-order valence-corrected chi connectivity index (χ0v) is 11.4. The van der Waals surface area contributed by atoms with E-state index in [1.165, 1.54) is 0 Å². The molecule has 0 atom stereocenters. The van der Waals surface area contributed by atoms with Crippen molar-refractivity contribution >= 4 is 38.6 Å². The molecule has 1 heterocycles. The molecule has 0 aliphatic carbocycles. The third-order valence-corrected chi connectivity index (χ3v) is 3.25. The Bertz CT molecular complexity index is 553. The first-order chi connectivity index (χ1) is 8.72. The number of benzene rings is 1. The molecule has 2 rings (SSSR count). The number of fused-ring (bicyclic) bond motifs is 1. The standard InChI is InChI=1S/C12H13BrN2O3/c1-17-6-7-18-12(16)15-9-3-2-8-4-5-14-11(8)10(9)13/h2-5,14H,6-7H2,1H3,(H,15,16). The van der Waals surface area contributed by atoms with E-state index in [0.29, 0.717) is 12.3 Å². The number of rotatable bonds is 4. The fourth-order valence-corrected chi connectivity index (χ4v) is 2.13. The van der Waals surface area contributed by atoms with Crippen molar-refractivity contribution in [1.82, 2.24) is 4.98 Å². The van der Waals surface area contributed by atoms with E-state index < -0.39 is 6.09 Å². The van der Waals surface area contributed by atoms with Crippen LogP contribution in [0.1, 0.15) is 0 Å². The largest absolute Gasteiger partial charge is 0.447 e. The first-order valence-corrected chi connectivity index (χ1v) is 6.20. The van der Waals surface area contributed by atoms with Crippen LogP contribution in [0.2, 0.25) is 0 Å². The van der Waals surface area contributed by atoms with Crippen molar-refractivity contribution in [2.75, 3.05) is 25.6 Å². The first kappa shape index (κ1) is 12.9. The molecule has 96 valence electrons. The smallest absolute Gasteiger partial charge is 0.411 e. The van der Waals surface area contributed by atoms with Crippen molar-refractivity contribution in [1.29, 1.82) is 0 Å². The van der Waals surface area contributed by atoms with Gasteiger partial charge in [0.1, 0.15) is 6.61 Å². The minimum atomic E-state index is -0.501. The lowest BCUT2D eigenvalue weighted by molar-refractivity contribution is 0.107. The summed E-state index contributed by atoms with van der Waals surface area (Å²) in [5.41, 5.74) is 1.59. The van der Waals surface area contributed by atoms with E-state index >= 15 is 0 Å². The molecule has 2 N–H and O–H groups in total. The maximum absolute atomic E-state index is 11.5. The Hall–Kier alpha value is -1.53. The SMILES string of the molecule is COCCOC(=O)Nc1ccc2cc[nH]c2c1Br. The van der Waals surface area contributed by atoms with Crippen LogP contribution in [0.5, 0.6) is 0 Å². The predicted molar refractivity (Wildman–Crippen MR) is 72.8 cm³/mol. The minimum absolute atomic E-state index is 0.227. The van der Waals surface area contributed by atoms with Gasteiger partial charge in [-0.25, -0.2) is 4.79 Å². The van der Waals surface area contributed by atoms with E-state index in [2.05, 4.69) is 26.2 Å². The molecule has 0 saturated carbocycles. The predicted octanol–water partition coefficient (Wildman–Crippen LogP) is 3.13. The minimum Gasteiger partial charge on any atom is -0.447 e. The Balaban J connectivity index is 2.07. The zero-order valence-electron chi connectivity index (χ0n) is 9.83. The van der Waals surface area contributed by atoms with Crippen LogP contribution in [0.25, 0.3) is 10.9 Å². The number of aromatic amines is 1. The molecule has 0 saturated heterocycles. The third-order valence-electron chi connectivity index (χ3n) is 2.42. The summed E-state index contributed by atoms with van der Waals surface area (Å²) in [6.07, 6.45) is 1.34. The van der Waals surface area contributed by atoms with Crippen molar-refractivity contribution in [3.05, 3.63) is 28.9 Å². The number of nitrogens with one attached hydrogen (secondary N) is 2. The molecular formula is C12H13BrN2O3. The molecule has 1 aromatic heterocycles. The van der Waals surface area contributed by atoms with Crippen molar-refractivity contribution in [2.24, 2.45) is 0 Å². The number of anilines is 1. The van der Waals surface area contributed by atoms with Gasteiger partial charge in [-0.3, -0.25) is 5.32 Å². The number of methoxy groups -OCH3 is 1. The summed E-state index contributed by atoms with van der Waals surface area (Å²) in [4.78, 5) is 14.6. The molecule has 0 aliphatic heterocycles. The van der Waals surface area contributed by atoms with Gasteiger partial charge in [-0.05, 0) is 28.1 Å². The number of H-pyrrole nitrogens is 1. The second-order valence-corrected chi connectivity index (χ2v) is 4.42. The van der Waals surface area contributed by atoms with Crippen LogP contribution in [0.4, 0.5) is 10.5 Å². The monoisotopic (exact) mass is 312 g/mol. The van der Waals surface area contributed by atoms with E-state index in [0.717, 1.165) is 15.4 Å². The molecule has 0 aliphatic rings. The summed E-state index contributed by atoms with van der Waals surface area (Å²) < 4.78 is 10.5. The highest BCUT2D eigenvalue weighted by molar-refractivity contribution is 9.10. The second-order valence-electron chi connectivity index (χ2n) is 3.62. The van der Waals surface area contributed by atoms with E-state index in [4.69, 9.17) is 9.47 Å². The summed E-state index contributed by atoms with van der Waals surface area (Å²) in [6, 6.07) is 5.69. The molecule has 0 radical (unpaired) electrons. The molecule has 18 heavy (non-hydrogen) atoms. The van der Waals surface area contributed by atoms with Crippen LogP contribution in [-0.2, 0) is 9.47 Å². The van der Waals surface area contributed by atoms with E-state index in [1.807, 2.05) is 24.4 Å². The molecule has 0 spiro atoms. The Morgan fingerprint density at radius 2 is 2.22 bits per heavy atom. The molecule has 0 bridgehead atoms. The van der Waals surface area contributed by atoms with Gasteiger partial charge in [-0.15, -0.1) is 0 Å². The van der Waals surface area contributed by atoms with Gasteiger partial charge in [0.15, 0.2) is 0 Å². The number of aromatic nitrogens is 1. The van der Waals surface area contributed by atoms with E-state index in [-0.39, 0.29) is 6.61 Å². The van der Waals surface area contributed by atoms with Crippen LogP contribution >= 0.6 is 15.9 Å². The quantitative estimate of drug-likeness (QED) is 0.853. The average Bonchev–Trinajstić information content (AvgIpc) is 2.82. The lowest BCUT2D eigenvalue weighted by Crippen LogP contribution is -2.16. The molecule has 5 nitrogen and oxygen atoms in total. The maximum atomic E-state index is 11.5. The van der Waals surface area contributed by atoms with Gasteiger partial charge in [-0.2, -0.15) is 0 Å². The number of carbonyl (C=O) groups is 1. The summed E-state index contributed by atoms with van der Waals surface area (Å²) in [6.45, 7) is 0.606. The van der Waals surface area contributed by atoms with Crippen LogP contribution in [-0.4, -0.2) is 31.4 Å². The maximum Gasteiger partial charge on any atom is 0.411 e. The molecular weight excluding hydrogens is 300 g/mol. The van der Waals surface area contributed by atoms with Gasteiger partial charge in [0, 0.05) is 18.7 Å². The summed E-state index contributed by atoms with van der Waals surface area (Å²) in [7, 11) is 1.55. The molecule has 1 aromatic carbocycles. The zero-order chi connectivity index (χ0) is 13.0. The molecule has 0 fully saturated rings. The number of hydrogen-bond donors (Lipinski definition) is 2. The number of hydrogen-bond acceptors (Lipinski definition) is 3. The van der Waals surface area contributed by atoms with Gasteiger partial charge >= 0.3 is 6.09 Å². The van der Waals surface area contributed by atoms with Crippen LogP contribution < -0.4 is 5.32 Å². The lowest BCUT2D eigenvalue weighted by Gasteiger charge is -2.08. The number of amides is 1. The van der Waals surface area contributed by atoms with Gasteiger partial charge in [-0.1, -0.05) is 6.07 Å². The topological polar surface area (TPSA) is 63.4 Å². The fourth-order valence-electron chi connectivity index (χ4n) is 1.55. The van der Waals surface area contributed by atoms with Crippen molar-refractivity contribution in [2.45, 2.75) is 0 Å². The van der Waals surface area contributed by atoms with E-state index in [9.17, 15) is 4.79 Å². The van der Waals surface area contributed by atoms with Gasteiger partial charge in [0.05, 0.1) is 22.3 Å². The normalized spacial score (nSPS) is 10.6.